The van der Waals surface area contributed by atoms with Gasteiger partial charge in [-0.05, 0) is 40.6 Å². The van der Waals surface area contributed by atoms with Crippen molar-refractivity contribution in [2.75, 3.05) is 32.9 Å². The number of aliphatic hydroxyl groups excluding tert-OH is 1. The molecule has 2 unspecified atom stereocenters. The minimum atomic E-state index is -3.96. The fraction of sp³-hybridized carbons (Fsp3) is 0.419. The van der Waals surface area contributed by atoms with Gasteiger partial charge in [-0.25, -0.2) is 18.2 Å². The number of hydrazine groups is 1. The molecule has 3 aliphatic heterocycles. The van der Waals surface area contributed by atoms with Crippen molar-refractivity contribution < 1.29 is 37.3 Å². The summed E-state index contributed by atoms with van der Waals surface area (Å²) in [5.74, 6) is -0.438. The SMILES string of the molecule is O=C(OCc1ccccc1)N1CCC2(CC1)NN1C(=O)CC(S(=O)(=O)c3ccc4cc(Cl)ccc4c3)CC1(COCCO)O2. The van der Waals surface area contributed by atoms with Gasteiger partial charge in [-0.1, -0.05) is 54.1 Å². The molecule has 44 heavy (non-hydrogen) atoms. The lowest BCUT2D eigenvalue weighted by Crippen LogP contribution is -2.62. The van der Waals surface area contributed by atoms with E-state index in [-0.39, 0.29) is 44.2 Å². The van der Waals surface area contributed by atoms with Crippen LogP contribution in [-0.4, -0.2) is 85.0 Å². The number of halogens is 1. The second-order valence-corrected chi connectivity index (χ2v) is 14.1. The van der Waals surface area contributed by atoms with Crippen molar-refractivity contribution in [3.05, 3.63) is 77.3 Å². The number of nitrogens with zero attached hydrogens (tertiary/aromatic N) is 2. The second-order valence-electron chi connectivity index (χ2n) is 11.4. The van der Waals surface area contributed by atoms with Crippen LogP contribution < -0.4 is 5.43 Å². The molecule has 0 bridgehead atoms. The predicted molar refractivity (Wildman–Crippen MR) is 161 cm³/mol. The molecule has 0 saturated carbocycles. The lowest BCUT2D eigenvalue weighted by molar-refractivity contribution is -0.198. The quantitative estimate of drug-likeness (QED) is 0.353. The first-order chi connectivity index (χ1) is 21.1. The normalized spacial score (nSPS) is 23.2. The molecule has 11 nitrogen and oxygen atoms in total. The van der Waals surface area contributed by atoms with Crippen LogP contribution in [0.1, 0.15) is 31.2 Å². The summed E-state index contributed by atoms with van der Waals surface area (Å²) >= 11 is 6.09. The van der Waals surface area contributed by atoms with Gasteiger partial charge in [0, 0.05) is 43.8 Å². The summed E-state index contributed by atoms with van der Waals surface area (Å²) < 4.78 is 45.7. The van der Waals surface area contributed by atoms with Gasteiger partial charge in [-0.3, -0.25) is 4.79 Å². The molecule has 1 spiro atoms. The molecule has 0 aliphatic carbocycles. The topological polar surface area (TPSA) is 135 Å². The van der Waals surface area contributed by atoms with E-state index in [1.807, 2.05) is 30.3 Å². The number of sulfone groups is 1. The average molecular weight is 644 g/mol. The molecule has 0 aromatic heterocycles. The van der Waals surface area contributed by atoms with E-state index in [9.17, 15) is 23.1 Å². The van der Waals surface area contributed by atoms with E-state index in [1.54, 1.807) is 35.2 Å². The average Bonchev–Trinajstić information content (AvgIpc) is 3.34. The number of likely N-dealkylation sites (tertiary alicyclic amines) is 1. The molecule has 13 heteroatoms. The van der Waals surface area contributed by atoms with E-state index < -0.39 is 38.5 Å². The van der Waals surface area contributed by atoms with Crippen molar-refractivity contribution in [1.82, 2.24) is 15.3 Å². The van der Waals surface area contributed by atoms with Crippen LogP contribution in [0.5, 0.6) is 0 Å². The molecule has 0 radical (unpaired) electrons. The molecule has 3 aromatic rings. The summed E-state index contributed by atoms with van der Waals surface area (Å²) in [6, 6.07) is 19.4. The van der Waals surface area contributed by atoms with E-state index in [1.165, 1.54) is 11.1 Å². The van der Waals surface area contributed by atoms with Crippen LogP contribution in [-0.2, 0) is 35.4 Å². The third kappa shape index (κ3) is 6.02. The maximum atomic E-state index is 13.9. The Hall–Kier alpha value is -3.26. The number of aliphatic hydroxyl groups is 1. The monoisotopic (exact) mass is 643 g/mol. The lowest BCUT2D eigenvalue weighted by Gasteiger charge is -2.42. The van der Waals surface area contributed by atoms with Gasteiger partial charge in [-0.15, -0.1) is 0 Å². The highest BCUT2D eigenvalue weighted by atomic mass is 35.5. The van der Waals surface area contributed by atoms with Crippen LogP contribution in [0.4, 0.5) is 4.79 Å². The number of carbonyl (C=O) groups excluding carboxylic acids is 2. The molecular weight excluding hydrogens is 610 g/mol. The van der Waals surface area contributed by atoms with Crippen LogP contribution in [0.2, 0.25) is 5.02 Å². The Kier molecular flexibility index (Phi) is 8.57. The van der Waals surface area contributed by atoms with Gasteiger partial charge in [0.1, 0.15) is 12.3 Å². The molecule has 2 N–H and O–H groups in total. The van der Waals surface area contributed by atoms with Gasteiger partial charge >= 0.3 is 6.09 Å². The van der Waals surface area contributed by atoms with Crippen molar-refractivity contribution >= 4 is 44.2 Å². The van der Waals surface area contributed by atoms with E-state index in [4.69, 9.17) is 25.8 Å². The van der Waals surface area contributed by atoms with Gasteiger partial charge in [-0.2, -0.15) is 5.43 Å². The maximum Gasteiger partial charge on any atom is 0.410 e. The van der Waals surface area contributed by atoms with Crippen molar-refractivity contribution in [3.63, 3.8) is 0 Å². The summed E-state index contributed by atoms with van der Waals surface area (Å²) in [5, 5.41) is 11.7. The number of benzene rings is 3. The minimum absolute atomic E-state index is 0.00811. The third-order valence-corrected chi connectivity index (χ3v) is 10.8. The first kappa shape index (κ1) is 30.8. The zero-order valence-corrected chi connectivity index (χ0v) is 25.6. The first-order valence-electron chi connectivity index (χ1n) is 14.5. The smallest absolute Gasteiger partial charge is 0.410 e. The van der Waals surface area contributed by atoms with Gasteiger partial charge in [0.25, 0.3) is 0 Å². The molecule has 2 atom stereocenters. The fourth-order valence-corrected chi connectivity index (χ4v) is 8.14. The Balaban J connectivity index is 1.19. The van der Waals surface area contributed by atoms with E-state index in [2.05, 4.69) is 5.43 Å². The van der Waals surface area contributed by atoms with Gasteiger partial charge < -0.3 is 24.2 Å². The summed E-state index contributed by atoms with van der Waals surface area (Å²) in [6.45, 7) is 0.374. The Morgan fingerprint density at radius 3 is 2.55 bits per heavy atom. The summed E-state index contributed by atoms with van der Waals surface area (Å²) in [7, 11) is -3.96. The van der Waals surface area contributed by atoms with Crippen LogP contribution in [0.15, 0.2) is 71.6 Å². The number of piperidine rings is 2. The van der Waals surface area contributed by atoms with Crippen LogP contribution in [0.25, 0.3) is 10.8 Å². The number of rotatable bonds is 8. The Morgan fingerprint density at radius 2 is 1.80 bits per heavy atom. The van der Waals surface area contributed by atoms with Crippen molar-refractivity contribution in [3.8, 4) is 0 Å². The number of nitrogens with one attached hydrogen (secondary N) is 1. The first-order valence-corrected chi connectivity index (χ1v) is 16.4. The number of hydrogen-bond donors (Lipinski definition) is 2. The second kappa shape index (κ2) is 12.3. The number of amides is 2. The highest BCUT2D eigenvalue weighted by molar-refractivity contribution is 7.92. The molecule has 3 heterocycles. The highest BCUT2D eigenvalue weighted by Gasteiger charge is 2.61. The predicted octanol–water partition coefficient (Wildman–Crippen LogP) is 3.63. The Bertz CT molecular complexity index is 1650. The molecule has 6 rings (SSSR count). The van der Waals surface area contributed by atoms with Gasteiger partial charge in [0.2, 0.25) is 5.91 Å². The number of carbonyl (C=O) groups is 2. The van der Waals surface area contributed by atoms with E-state index in [0.717, 1.165) is 10.9 Å². The molecule has 2 amide bonds. The van der Waals surface area contributed by atoms with Crippen LogP contribution in [0, 0.1) is 0 Å². The van der Waals surface area contributed by atoms with Crippen molar-refractivity contribution in [2.24, 2.45) is 0 Å². The third-order valence-electron chi connectivity index (χ3n) is 8.45. The van der Waals surface area contributed by atoms with Crippen molar-refractivity contribution in [2.45, 2.75) is 53.9 Å². The largest absolute Gasteiger partial charge is 0.445 e. The minimum Gasteiger partial charge on any atom is -0.445 e. The molecule has 3 aromatic carbocycles. The van der Waals surface area contributed by atoms with Crippen LogP contribution in [0.3, 0.4) is 0 Å². The molecular formula is C31H34ClN3O8S. The molecule has 3 saturated heterocycles. The van der Waals surface area contributed by atoms with Crippen LogP contribution >= 0.6 is 11.6 Å². The number of ether oxygens (including phenoxy) is 3. The summed E-state index contributed by atoms with van der Waals surface area (Å²) in [5.41, 5.74) is 1.65. The molecule has 3 aliphatic rings. The van der Waals surface area contributed by atoms with E-state index >= 15 is 0 Å². The zero-order valence-electron chi connectivity index (χ0n) is 24.0. The van der Waals surface area contributed by atoms with Gasteiger partial charge in [0.05, 0.1) is 30.0 Å². The Labute approximate surface area is 260 Å². The standard InChI is InChI=1S/C31H34ClN3O8S/c32-25-8-6-24-17-26(9-7-23(24)16-25)44(39,40)27-18-28(37)35-31(19-27,21-41-15-14-36)43-30(33-35)10-12-34(13-11-30)29(38)42-20-22-4-2-1-3-5-22/h1-9,16-17,27,33,36H,10-15,18-21H2. The summed E-state index contributed by atoms with van der Waals surface area (Å²) in [6.07, 6.45) is -0.0522. The highest BCUT2D eigenvalue weighted by Crippen LogP contribution is 2.45. The summed E-state index contributed by atoms with van der Waals surface area (Å²) in [4.78, 5) is 28.0. The van der Waals surface area contributed by atoms with Crippen molar-refractivity contribution in [1.29, 1.82) is 0 Å². The number of fused-ring (bicyclic) bond motifs is 2. The number of hydrogen-bond acceptors (Lipinski definition) is 9. The Morgan fingerprint density at radius 1 is 1.07 bits per heavy atom. The van der Waals surface area contributed by atoms with E-state index in [0.29, 0.717) is 36.3 Å². The maximum absolute atomic E-state index is 13.9. The molecule has 3 fully saturated rings. The molecule has 234 valence electrons. The van der Waals surface area contributed by atoms with Gasteiger partial charge in [0.15, 0.2) is 15.6 Å². The zero-order chi connectivity index (χ0) is 31.0. The fourth-order valence-electron chi connectivity index (χ4n) is 6.18. The lowest BCUT2D eigenvalue weighted by atomic mass is 9.98.